The van der Waals surface area contributed by atoms with Crippen LogP contribution in [0.4, 0.5) is 5.69 Å². The van der Waals surface area contributed by atoms with E-state index in [2.05, 4.69) is 22.7 Å². The van der Waals surface area contributed by atoms with Gasteiger partial charge in [0.15, 0.2) is 0 Å². The summed E-state index contributed by atoms with van der Waals surface area (Å²) in [6.07, 6.45) is 0. The van der Waals surface area contributed by atoms with Gasteiger partial charge in [0.2, 0.25) is 0 Å². The fourth-order valence-electron chi connectivity index (χ4n) is 1.75. The molecule has 0 saturated carbocycles. The lowest BCUT2D eigenvalue weighted by molar-refractivity contribution is -0.120. The lowest BCUT2D eigenvalue weighted by atomic mass is 10.2. The third-order valence-electron chi connectivity index (χ3n) is 2.98. The first kappa shape index (κ1) is 14.7. The molecule has 0 bridgehead atoms. The number of benzene rings is 2. The van der Waals surface area contributed by atoms with Crippen LogP contribution in [-0.4, -0.2) is 12.5 Å². The Morgan fingerprint density at radius 3 is 2.33 bits per heavy atom. The van der Waals surface area contributed by atoms with E-state index in [0.29, 0.717) is 5.70 Å². The summed E-state index contributed by atoms with van der Waals surface area (Å²) in [5.74, 6) is -0.160. The summed E-state index contributed by atoms with van der Waals surface area (Å²) >= 11 is 0. The van der Waals surface area contributed by atoms with Crippen molar-refractivity contribution < 1.29 is 4.79 Å². The van der Waals surface area contributed by atoms with Crippen molar-refractivity contribution in [3.63, 3.8) is 0 Å². The molecule has 2 aromatic rings. The summed E-state index contributed by atoms with van der Waals surface area (Å²) in [4.78, 5) is 11.7. The highest BCUT2D eigenvalue weighted by Crippen LogP contribution is 2.08. The zero-order valence-corrected chi connectivity index (χ0v) is 12.0. The molecule has 0 aliphatic carbocycles. The maximum absolute atomic E-state index is 11.7. The molecule has 0 atom stereocenters. The standard InChI is InChI=1S/C17H19N3O/c1-13-8-10-16(11-9-13)18-12-17(21)20-19-14(2)15-6-4-3-5-7-15/h3-11,18-19H,2,12H2,1H3,(H,20,21). The normalized spacial score (nSPS) is 9.76. The Morgan fingerprint density at radius 2 is 1.67 bits per heavy atom. The molecular formula is C17H19N3O. The number of hydrogen-bond acceptors (Lipinski definition) is 3. The second-order valence-corrected chi connectivity index (χ2v) is 4.74. The predicted molar refractivity (Wildman–Crippen MR) is 86.4 cm³/mol. The average molecular weight is 281 g/mol. The molecule has 0 heterocycles. The zero-order valence-electron chi connectivity index (χ0n) is 12.0. The Kier molecular flexibility index (Phi) is 4.99. The van der Waals surface area contributed by atoms with Gasteiger partial charge in [0.1, 0.15) is 0 Å². The van der Waals surface area contributed by atoms with Crippen molar-refractivity contribution in [3.05, 3.63) is 72.3 Å². The Bertz CT molecular complexity index is 606. The third-order valence-corrected chi connectivity index (χ3v) is 2.98. The Hall–Kier alpha value is -2.75. The van der Waals surface area contributed by atoms with Gasteiger partial charge in [0.05, 0.1) is 12.2 Å². The molecule has 2 rings (SSSR count). The molecular weight excluding hydrogens is 262 g/mol. The third kappa shape index (κ3) is 4.69. The van der Waals surface area contributed by atoms with E-state index in [0.717, 1.165) is 11.3 Å². The molecule has 0 aliphatic heterocycles. The minimum Gasteiger partial charge on any atom is -0.376 e. The van der Waals surface area contributed by atoms with Gasteiger partial charge in [0, 0.05) is 5.69 Å². The van der Waals surface area contributed by atoms with Crippen molar-refractivity contribution in [1.82, 2.24) is 10.9 Å². The number of amides is 1. The van der Waals surface area contributed by atoms with E-state index in [9.17, 15) is 4.79 Å². The topological polar surface area (TPSA) is 53.2 Å². The highest BCUT2D eigenvalue weighted by Gasteiger charge is 2.02. The summed E-state index contributed by atoms with van der Waals surface area (Å²) in [5, 5.41) is 3.05. The number of nitrogens with one attached hydrogen (secondary N) is 3. The predicted octanol–water partition coefficient (Wildman–Crippen LogP) is 2.70. The Labute approximate surface area is 124 Å². The van der Waals surface area contributed by atoms with Crippen LogP contribution >= 0.6 is 0 Å². The van der Waals surface area contributed by atoms with Crippen molar-refractivity contribution in [1.29, 1.82) is 0 Å². The summed E-state index contributed by atoms with van der Waals surface area (Å²) in [5.41, 5.74) is 9.11. The number of hydrazine groups is 1. The molecule has 21 heavy (non-hydrogen) atoms. The smallest absolute Gasteiger partial charge is 0.257 e. The summed E-state index contributed by atoms with van der Waals surface area (Å²) in [7, 11) is 0. The van der Waals surface area contributed by atoms with Crippen molar-refractivity contribution >= 4 is 17.3 Å². The summed E-state index contributed by atoms with van der Waals surface area (Å²) in [6, 6.07) is 17.5. The Balaban J connectivity index is 1.75. The van der Waals surface area contributed by atoms with Crippen LogP contribution in [0.15, 0.2) is 61.2 Å². The first-order chi connectivity index (χ1) is 10.1. The number of hydrogen-bond donors (Lipinski definition) is 3. The van der Waals surface area contributed by atoms with Crippen LogP contribution in [0.5, 0.6) is 0 Å². The maximum atomic E-state index is 11.7. The van der Waals surface area contributed by atoms with E-state index >= 15 is 0 Å². The van der Waals surface area contributed by atoms with Crippen molar-refractivity contribution in [3.8, 4) is 0 Å². The van der Waals surface area contributed by atoms with E-state index in [1.54, 1.807) is 0 Å². The molecule has 2 aromatic carbocycles. The van der Waals surface area contributed by atoms with Crippen LogP contribution in [0.1, 0.15) is 11.1 Å². The second kappa shape index (κ2) is 7.14. The van der Waals surface area contributed by atoms with Gasteiger partial charge in [-0.2, -0.15) is 0 Å². The van der Waals surface area contributed by atoms with Gasteiger partial charge in [-0.05, 0) is 24.6 Å². The van der Waals surface area contributed by atoms with Crippen LogP contribution in [-0.2, 0) is 4.79 Å². The molecule has 108 valence electrons. The molecule has 0 radical (unpaired) electrons. The van der Waals surface area contributed by atoms with Crippen LogP contribution in [0.3, 0.4) is 0 Å². The second-order valence-electron chi connectivity index (χ2n) is 4.74. The zero-order chi connectivity index (χ0) is 15.1. The van der Waals surface area contributed by atoms with Crippen LogP contribution in [0.2, 0.25) is 0 Å². The van der Waals surface area contributed by atoms with E-state index < -0.39 is 0 Å². The molecule has 1 amide bonds. The van der Waals surface area contributed by atoms with E-state index in [1.165, 1.54) is 5.56 Å². The van der Waals surface area contributed by atoms with E-state index in [4.69, 9.17) is 0 Å². The molecule has 4 heteroatoms. The lowest BCUT2D eigenvalue weighted by Gasteiger charge is -2.12. The van der Waals surface area contributed by atoms with Gasteiger partial charge in [0.25, 0.3) is 5.91 Å². The highest BCUT2D eigenvalue weighted by atomic mass is 16.2. The Morgan fingerprint density at radius 1 is 1.00 bits per heavy atom. The SMILES string of the molecule is C=C(NNC(=O)CNc1ccc(C)cc1)c1ccccc1. The van der Waals surface area contributed by atoms with Crippen LogP contribution in [0.25, 0.3) is 5.70 Å². The fraction of sp³-hybridized carbons (Fsp3) is 0.118. The van der Waals surface area contributed by atoms with Crippen molar-refractivity contribution in [2.45, 2.75) is 6.92 Å². The van der Waals surface area contributed by atoms with Gasteiger partial charge in [-0.15, -0.1) is 0 Å². The molecule has 0 spiro atoms. The van der Waals surface area contributed by atoms with E-state index in [1.807, 2.05) is 61.5 Å². The minimum absolute atomic E-state index is 0.160. The maximum Gasteiger partial charge on any atom is 0.257 e. The number of carbonyl (C=O) groups excluding carboxylic acids is 1. The van der Waals surface area contributed by atoms with Gasteiger partial charge < -0.3 is 5.32 Å². The van der Waals surface area contributed by atoms with Crippen LogP contribution < -0.4 is 16.2 Å². The number of anilines is 1. The van der Waals surface area contributed by atoms with Gasteiger partial charge >= 0.3 is 0 Å². The highest BCUT2D eigenvalue weighted by molar-refractivity contribution is 5.81. The molecule has 0 saturated heterocycles. The van der Waals surface area contributed by atoms with Crippen LogP contribution in [0, 0.1) is 6.92 Å². The molecule has 4 nitrogen and oxygen atoms in total. The van der Waals surface area contributed by atoms with Gasteiger partial charge in [-0.3, -0.25) is 15.6 Å². The van der Waals surface area contributed by atoms with Gasteiger partial charge in [-0.1, -0.05) is 54.6 Å². The molecule has 0 aliphatic rings. The lowest BCUT2D eigenvalue weighted by Crippen LogP contribution is -2.39. The van der Waals surface area contributed by atoms with Gasteiger partial charge in [-0.25, -0.2) is 0 Å². The largest absolute Gasteiger partial charge is 0.376 e. The molecule has 0 unspecified atom stereocenters. The quantitative estimate of drug-likeness (QED) is 0.714. The van der Waals surface area contributed by atoms with Crippen molar-refractivity contribution in [2.75, 3.05) is 11.9 Å². The first-order valence-electron chi connectivity index (χ1n) is 6.75. The molecule has 0 aromatic heterocycles. The van der Waals surface area contributed by atoms with E-state index in [-0.39, 0.29) is 12.5 Å². The summed E-state index contributed by atoms with van der Waals surface area (Å²) < 4.78 is 0. The number of carbonyl (C=O) groups is 1. The molecule has 0 fully saturated rings. The number of aryl methyl sites for hydroxylation is 1. The molecule has 3 N–H and O–H groups in total. The summed E-state index contributed by atoms with van der Waals surface area (Å²) in [6.45, 7) is 6.09. The van der Waals surface area contributed by atoms with Crippen molar-refractivity contribution in [2.24, 2.45) is 0 Å². The fourth-order valence-corrected chi connectivity index (χ4v) is 1.75. The average Bonchev–Trinajstić information content (AvgIpc) is 2.53. The monoisotopic (exact) mass is 281 g/mol. The minimum atomic E-state index is -0.160. The number of rotatable bonds is 6. The first-order valence-corrected chi connectivity index (χ1v) is 6.75.